The van der Waals surface area contributed by atoms with Crippen molar-refractivity contribution >= 4 is 0 Å². The maximum atomic E-state index is 5.21. The van der Waals surface area contributed by atoms with Crippen LogP contribution in [0.25, 0.3) is 0 Å². The number of nitrogens with zero attached hydrogens (tertiary/aromatic N) is 1. The van der Waals surface area contributed by atoms with E-state index < -0.39 is 0 Å². The molecule has 0 spiro atoms. The van der Waals surface area contributed by atoms with Crippen molar-refractivity contribution < 1.29 is 0 Å². The highest BCUT2D eigenvalue weighted by atomic mass is 15.3. The average molecular weight is 200 g/mol. The van der Waals surface area contributed by atoms with Gasteiger partial charge in [0.05, 0.1) is 6.67 Å². The van der Waals surface area contributed by atoms with E-state index in [1.807, 2.05) is 0 Å². The van der Waals surface area contributed by atoms with Gasteiger partial charge in [-0.2, -0.15) is 0 Å². The first-order valence-corrected chi connectivity index (χ1v) is 5.39. The van der Waals surface area contributed by atoms with Crippen molar-refractivity contribution in [3.05, 3.63) is 0 Å². The predicted octanol–water partition coefficient (Wildman–Crippen LogP) is -0.0253. The highest BCUT2D eigenvalue weighted by molar-refractivity contribution is 4.86. The molecule has 1 rings (SSSR count). The van der Waals surface area contributed by atoms with Crippen molar-refractivity contribution in [1.82, 2.24) is 15.6 Å². The van der Waals surface area contributed by atoms with E-state index in [-0.39, 0.29) is 0 Å². The molecule has 0 aromatic rings. The number of nitrogens with one attached hydrogen (secondary N) is 2. The number of hydrogen-bond donors (Lipinski definition) is 3. The number of rotatable bonds is 5. The Morgan fingerprint density at radius 1 is 1.50 bits per heavy atom. The Labute approximate surface area is 87.2 Å². The summed E-state index contributed by atoms with van der Waals surface area (Å²) in [6.45, 7) is 8.84. The molecule has 0 aromatic carbocycles. The van der Waals surface area contributed by atoms with Crippen LogP contribution in [0.1, 0.15) is 20.3 Å². The van der Waals surface area contributed by atoms with Crippen LogP contribution in [0.4, 0.5) is 0 Å². The Morgan fingerprint density at radius 3 is 2.71 bits per heavy atom. The third-order valence-corrected chi connectivity index (χ3v) is 3.30. The molecule has 1 unspecified atom stereocenters. The molecule has 0 aliphatic carbocycles. The van der Waals surface area contributed by atoms with Gasteiger partial charge in [-0.25, -0.2) is 5.43 Å². The Hall–Kier alpha value is -0.160. The Kier molecular flexibility index (Phi) is 4.31. The molecule has 1 atom stereocenters. The predicted molar refractivity (Wildman–Crippen MR) is 59.6 cm³/mol. The molecule has 84 valence electrons. The molecule has 14 heavy (non-hydrogen) atoms. The first-order valence-electron chi connectivity index (χ1n) is 5.39. The minimum Gasteiger partial charge on any atom is -0.306 e. The van der Waals surface area contributed by atoms with E-state index in [9.17, 15) is 0 Å². The van der Waals surface area contributed by atoms with Gasteiger partial charge in [0.1, 0.15) is 0 Å². The zero-order valence-electron chi connectivity index (χ0n) is 9.64. The van der Waals surface area contributed by atoms with Crippen LogP contribution < -0.4 is 16.6 Å². The van der Waals surface area contributed by atoms with Gasteiger partial charge in [0, 0.05) is 13.1 Å². The van der Waals surface area contributed by atoms with Crippen LogP contribution in [0.15, 0.2) is 0 Å². The summed E-state index contributed by atoms with van der Waals surface area (Å²) in [6, 6.07) is 0. The molecule has 1 heterocycles. The van der Waals surface area contributed by atoms with Crippen molar-refractivity contribution in [3.63, 3.8) is 0 Å². The second-order valence-corrected chi connectivity index (χ2v) is 5.04. The lowest BCUT2D eigenvalue weighted by Gasteiger charge is -2.31. The van der Waals surface area contributed by atoms with E-state index in [2.05, 4.69) is 36.5 Å². The SMILES string of the molecule is CN1CCC(C(C)(C)CNCNN)C1. The van der Waals surface area contributed by atoms with Gasteiger partial charge in [-0.15, -0.1) is 0 Å². The minimum absolute atomic E-state index is 0.363. The first kappa shape index (κ1) is 11.9. The van der Waals surface area contributed by atoms with Crippen LogP contribution in [0.3, 0.4) is 0 Å². The number of hydrogen-bond acceptors (Lipinski definition) is 4. The third kappa shape index (κ3) is 3.20. The summed E-state index contributed by atoms with van der Waals surface area (Å²) in [5.74, 6) is 6.02. The van der Waals surface area contributed by atoms with E-state index in [1.54, 1.807) is 0 Å². The van der Waals surface area contributed by atoms with Gasteiger partial charge >= 0.3 is 0 Å². The van der Waals surface area contributed by atoms with Crippen molar-refractivity contribution in [3.8, 4) is 0 Å². The van der Waals surface area contributed by atoms with Crippen molar-refractivity contribution in [1.29, 1.82) is 0 Å². The van der Waals surface area contributed by atoms with E-state index in [4.69, 9.17) is 5.84 Å². The summed E-state index contributed by atoms with van der Waals surface area (Å²) in [6.07, 6.45) is 1.32. The molecule has 0 aromatic heterocycles. The fourth-order valence-corrected chi connectivity index (χ4v) is 2.17. The van der Waals surface area contributed by atoms with Crippen LogP contribution in [-0.4, -0.2) is 38.3 Å². The summed E-state index contributed by atoms with van der Waals surface area (Å²) in [4.78, 5) is 2.41. The molecule has 1 aliphatic rings. The molecule has 4 nitrogen and oxygen atoms in total. The minimum atomic E-state index is 0.363. The van der Waals surface area contributed by atoms with Gasteiger partial charge in [0.25, 0.3) is 0 Å². The summed E-state index contributed by atoms with van der Waals surface area (Å²) in [7, 11) is 2.20. The number of nitrogens with two attached hydrogens (primary N) is 1. The summed E-state index contributed by atoms with van der Waals surface area (Å²) in [5, 5.41) is 3.31. The topological polar surface area (TPSA) is 53.3 Å². The Balaban J connectivity index is 2.32. The molecule has 1 fully saturated rings. The fourth-order valence-electron chi connectivity index (χ4n) is 2.17. The average Bonchev–Trinajstić information content (AvgIpc) is 2.53. The van der Waals surface area contributed by atoms with Gasteiger partial charge in [0.2, 0.25) is 0 Å². The third-order valence-electron chi connectivity index (χ3n) is 3.30. The van der Waals surface area contributed by atoms with Gasteiger partial charge < -0.3 is 10.2 Å². The molecule has 0 saturated carbocycles. The van der Waals surface area contributed by atoms with E-state index >= 15 is 0 Å². The number of likely N-dealkylation sites (tertiary alicyclic amines) is 1. The second kappa shape index (κ2) is 5.07. The van der Waals surface area contributed by atoms with Gasteiger partial charge in [-0.05, 0) is 31.3 Å². The Bertz CT molecular complexity index is 170. The first-order chi connectivity index (χ1) is 6.56. The van der Waals surface area contributed by atoms with Crippen molar-refractivity contribution in [2.75, 3.05) is 33.4 Å². The molecular formula is C10H24N4. The molecule has 0 radical (unpaired) electrons. The molecule has 4 heteroatoms. The van der Waals surface area contributed by atoms with Crippen LogP contribution in [0.5, 0.6) is 0 Å². The van der Waals surface area contributed by atoms with E-state index in [0.717, 1.165) is 12.5 Å². The Morgan fingerprint density at radius 2 is 2.21 bits per heavy atom. The fraction of sp³-hybridized carbons (Fsp3) is 1.00. The van der Waals surface area contributed by atoms with E-state index in [1.165, 1.54) is 19.5 Å². The quantitative estimate of drug-likeness (QED) is 0.253. The van der Waals surface area contributed by atoms with E-state index in [0.29, 0.717) is 12.1 Å². The van der Waals surface area contributed by atoms with Crippen LogP contribution in [0, 0.1) is 11.3 Å². The van der Waals surface area contributed by atoms with Crippen LogP contribution >= 0.6 is 0 Å². The zero-order valence-corrected chi connectivity index (χ0v) is 9.64. The van der Waals surface area contributed by atoms with Crippen molar-refractivity contribution in [2.45, 2.75) is 20.3 Å². The highest BCUT2D eigenvalue weighted by Gasteiger charge is 2.33. The summed E-state index contributed by atoms with van der Waals surface area (Å²) >= 11 is 0. The van der Waals surface area contributed by atoms with Gasteiger partial charge in [-0.3, -0.25) is 5.84 Å². The molecule has 0 bridgehead atoms. The zero-order chi connectivity index (χ0) is 10.6. The lowest BCUT2D eigenvalue weighted by atomic mass is 9.78. The maximum absolute atomic E-state index is 5.21. The van der Waals surface area contributed by atoms with Gasteiger partial charge in [-0.1, -0.05) is 13.8 Å². The summed E-state index contributed by atoms with van der Waals surface area (Å²) in [5.41, 5.74) is 2.98. The normalized spacial score (nSPS) is 24.4. The number of hydrazine groups is 1. The van der Waals surface area contributed by atoms with Crippen LogP contribution in [0.2, 0.25) is 0 Å². The molecule has 0 amide bonds. The largest absolute Gasteiger partial charge is 0.306 e. The standard InChI is InChI=1S/C10H24N4/c1-10(2,7-12-8-13-11)9-4-5-14(3)6-9/h9,12-13H,4-8,11H2,1-3H3. The van der Waals surface area contributed by atoms with Crippen LogP contribution in [-0.2, 0) is 0 Å². The lowest BCUT2D eigenvalue weighted by Crippen LogP contribution is -2.42. The molecule has 4 N–H and O–H groups in total. The highest BCUT2D eigenvalue weighted by Crippen LogP contribution is 2.32. The maximum Gasteiger partial charge on any atom is 0.0587 e. The molecular weight excluding hydrogens is 176 g/mol. The molecule has 1 aliphatic heterocycles. The lowest BCUT2D eigenvalue weighted by molar-refractivity contribution is 0.205. The van der Waals surface area contributed by atoms with Crippen molar-refractivity contribution in [2.24, 2.45) is 17.2 Å². The monoisotopic (exact) mass is 200 g/mol. The summed E-state index contributed by atoms with van der Waals surface area (Å²) < 4.78 is 0. The van der Waals surface area contributed by atoms with Gasteiger partial charge in [0.15, 0.2) is 0 Å². The second-order valence-electron chi connectivity index (χ2n) is 5.04. The smallest absolute Gasteiger partial charge is 0.0587 e. The molecule has 1 saturated heterocycles.